The fraction of sp³-hybridized carbons (Fsp3) is 0.733. The fourth-order valence-corrected chi connectivity index (χ4v) is 2.58. The molecule has 1 saturated heterocycles. The van der Waals surface area contributed by atoms with Gasteiger partial charge in [0, 0.05) is 13.0 Å². The third-order valence-electron chi connectivity index (χ3n) is 3.78. The van der Waals surface area contributed by atoms with Crippen molar-refractivity contribution in [2.75, 3.05) is 13.7 Å². The lowest BCUT2D eigenvalue weighted by Crippen LogP contribution is -2.48. The van der Waals surface area contributed by atoms with Gasteiger partial charge in [0.2, 0.25) is 5.91 Å². The van der Waals surface area contributed by atoms with Gasteiger partial charge in [0.05, 0.1) is 19.3 Å². The fourth-order valence-electron chi connectivity index (χ4n) is 2.58. The van der Waals surface area contributed by atoms with Gasteiger partial charge in [0.25, 0.3) is 0 Å². The van der Waals surface area contributed by atoms with Crippen molar-refractivity contribution in [3.63, 3.8) is 0 Å². The first-order valence-electron chi connectivity index (χ1n) is 7.44. The van der Waals surface area contributed by atoms with Crippen molar-refractivity contribution in [2.24, 2.45) is 5.73 Å². The number of nitrogens with two attached hydrogens (primary N) is 1. The molecule has 1 aliphatic heterocycles. The van der Waals surface area contributed by atoms with Gasteiger partial charge in [-0.2, -0.15) is 0 Å². The Balaban J connectivity index is 2.47. The molecule has 0 aliphatic carbocycles. The van der Waals surface area contributed by atoms with Crippen molar-refractivity contribution in [3.05, 3.63) is 12.7 Å². The molecule has 0 aromatic heterocycles. The third kappa shape index (κ3) is 5.13. The largest absolute Gasteiger partial charge is 0.467 e. The highest BCUT2D eigenvalue weighted by molar-refractivity contribution is 5.88. The topological polar surface area (TPSA) is 92.9 Å². The maximum absolute atomic E-state index is 12.3. The molecule has 1 fully saturated rings. The molecule has 0 saturated carbocycles. The number of rotatable bonds is 8. The number of esters is 1. The molecule has 3 atom stereocenters. The zero-order valence-electron chi connectivity index (χ0n) is 12.7. The van der Waals surface area contributed by atoms with Crippen molar-refractivity contribution in [3.8, 4) is 0 Å². The normalized spacial score (nSPS) is 22.9. The van der Waals surface area contributed by atoms with Crippen LogP contribution in [0.2, 0.25) is 0 Å². The number of methoxy groups -OCH3 is 1. The lowest BCUT2D eigenvalue weighted by Gasteiger charge is -2.25. The Hall–Kier alpha value is -1.40. The number of carbonyl (C=O) groups excluding carboxylic acids is 2. The zero-order valence-corrected chi connectivity index (χ0v) is 12.7. The number of allylic oxidation sites excluding steroid dienone is 1. The number of nitrogens with zero attached hydrogens (tertiary/aromatic N) is 1. The molecule has 0 bridgehead atoms. The summed E-state index contributed by atoms with van der Waals surface area (Å²) in [5.41, 5.74) is 5.92. The van der Waals surface area contributed by atoms with Crippen molar-refractivity contribution in [1.29, 1.82) is 0 Å². The summed E-state index contributed by atoms with van der Waals surface area (Å²) in [6.07, 6.45) is 5.83. The molecule has 0 unspecified atom stereocenters. The molecule has 0 aromatic carbocycles. The van der Waals surface area contributed by atoms with Gasteiger partial charge < -0.3 is 20.5 Å². The number of β-amino-alcohol motifs (C(OH)–C–C–N with tert-alkyl or cyclic N) is 1. The number of hydrogen-bond acceptors (Lipinski definition) is 5. The molecule has 0 radical (unpaired) electrons. The number of hydrogen-bond donors (Lipinski definition) is 2. The second-order valence-corrected chi connectivity index (χ2v) is 5.45. The van der Waals surface area contributed by atoms with Gasteiger partial charge in [0.15, 0.2) is 0 Å². The lowest BCUT2D eigenvalue weighted by atomic mass is 10.1. The van der Waals surface area contributed by atoms with E-state index in [4.69, 9.17) is 5.73 Å². The smallest absolute Gasteiger partial charge is 0.328 e. The van der Waals surface area contributed by atoms with E-state index in [-0.39, 0.29) is 18.9 Å². The average Bonchev–Trinajstić information content (AvgIpc) is 2.87. The summed E-state index contributed by atoms with van der Waals surface area (Å²) in [6.45, 7) is 3.80. The van der Waals surface area contributed by atoms with Gasteiger partial charge >= 0.3 is 5.97 Å². The van der Waals surface area contributed by atoms with Crippen LogP contribution in [0.5, 0.6) is 0 Å². The second kappa shape index (κ2) is 8.79. The molecule has 1 heterocycles. The van der Waals surface area contributed by atoms with E-state index >= 15 is 0 Å². The van der Waals surface area contributed by atoms with Crippen LogP contribution in [-0.4, -0.2) is 53.7 Å². The number of ether oxygens (including phenoxy) is 1. The van der Waals surface area contributed by atoms with Crippen LogP contribution in [0.25, 0.3) is 0 Å². The number of carbonyl (C=O) groups is 2. The Labute approximate surface area is 125 Å². The van der Waals surface area contributed by atoms with Gasteiger partial charge in [-0.25, -0.2) is 4.79 Å². The van der Waals surface area contributed by atoms with E-state index in [2.05, 4.69) is 11.3 Å². The predicted molar refractivity (Wildman–Crippen MR) is 79.4 cm³/mol. The summed E-state index contributed by atoms with van der Waals surface area (Å²) < 4.78 is 4.67. The highest BCUT2D eigenvalue weighted by Gasteiger charge is 2.40. The van der Waals surface area contributed by atoms with Gasteiger partial charge in [-0.1, -0.05) is 18.9 Å². The molecular weight excluding hydrogens is 272 g/mol. The zero-order chi connectivity index (χ0) is 15.8. The Kier molecular flexibility index (Phi) is 7.39. The van der Waals surface area contributed by atoms with Crippen LogP contribution in [0.15, 0.2) is 12.7 Å². The Morgan fingerprint density at radius 2 is 2.19 bits per heavy atom. The molecule has 0 aromatic rings. The van der Waals surface area contributed by atoms with E-state index in [1.807, 2.05) is 6.08 Å². The van der Waals surface area contributed by atoms with Crippen molar-refractivity contribution in [1.82, 2.24) is 4.90 Å². The Morgan fingerprint density at radius 1 is 1.48 bits per heavy atom. The van der Waals surface area contributed by atoms with Gasteiger partial charge in [-0.05, 0) is 19.3 Å². The Morgan fingerprint density at radius 3 is 2.81 bits per heavy atom. The van der Waals surface area contributed by atoms with Crippen LogP contribution >= 0.6 is 0 Å². The number of likely N-dealkylation sites (tertiary alicyclic amines) is 1. The molecule has 1 aliphatic rings. The average molecular weight is 298 g/mol. The minimum atomic E-state index is -0.718. The molecule has 1 amide bonds. The Bertz CT molecular complexity index is 373. The summed E-state index contributed by atoms with van der Waals surface area (Å²) in [4.78, 5) is 25.3. The van der Waals surface area contributed by atoms with Crippen LogP contribution in [0, 0.1) is 0 Å². The van der Waals surface area contributed by atoms with E-state index in [9.17, 15) is 14.7 Å². The van der Waals surface area contributed by atoms with E-state index in [0.29, 0.717) is 6.42 Å². The summed E-state index contributed by atoms with van der Waals surface area (Å²) in [7, 11) is 1.27. The maximum Gasteiger partial charge on any atom is 0.328 e. The molecule has 6 heteroatoms. The van der Waals surface area contributed by atoms with Crippen LogP contribution < -0.4 is 5.73 Å². The quantitative estimate of drug-likeness (QED) is 0.388. The highest BCUT2D eigenvalue weighted by Crippen LogP contribution is 2.20. The summed E-state index contributed by atoms with van der Waals surface area (Å²) in [5, 5.41) is 9.67. The van der Waals surface area contributed by atoms with Gasteiger partial charge in [-0.15, -0.1) is 6.58 Å². The van der Waals surface area contributed by atoms with Crippen LogP contribution in [0.4, 0.5) is 0 Å². The monoisotopic (exact) mass is 298 g/mol. The van der Waals surface area contributed by atoms with Crippen LogP contribution in [-0.2, 0) is 14.3 Å². The molecule has 120 valence electrons. The van der Waals surface area contributed by atoms with Crippen LogP contribution in [0.3, 0.4) is 0 Å². The number of aliphatic hydroxyl groups excluding tert-OH is 1. The third-order valence-corrected chi connectivity index (χ3v) is 3.78. The van der Waals surface area contributed by atoms with E-state index in [1.54, 1.807) is 0 Å². The minimum Gasteiger partial charge on any atom is -0.467 e. The molecule has 0 spiro atoms. The number of unbranched alkanes of at least 4 members (excludes halogenated alkanes) is 3. The maximum atomic E-state index is 12.3. The van der Waals surface area contributed by atoms with E-state index in [1.165, 1.54) is 12.0 Å². The minimum absolute atomic E-state index is 0.142. The molecule has 21 heavy (non-hydrogen) atoms. The van der Waals surface area contributed by atoms with Crippen LogP contribution in [0.1, 0.15) is 38.5 Å². The first kappa shape index (κ1) is 17.7. The lowest BCUT2D eigenvalue weighted by molar-refractivity contribution is -0.151. The number of aliphatic hydroxyl groups is 1. The van der Waals surface area contributed by atoms with Gasteiger partial charge in [-0.3, -0.25) is 4.79 Å². The molecular formula is C15H26N2O4. The molecule has 1 rings (SSSR count). The molecule has 6 nitrogen and oxygen atoms in total. The van der Waals surface area contributed by atoms with Crippen molar-refractivity contribution < 1.29 is 19.4 Å². The van der Waals surface area contributed by atoms with Crippen molar-refractivity contribution >= 4 is 11.9 Å². The molecule has 3 N–H and O–H groups in total. The second-order valence-electron chi connectivity index (χ2n) is 5.45. The highest BCUT2D eigenvalue weighted by atomic mass is 16.5. The predicted octanol–water partition coefficient (Wildman–Crippen LogP) is 0.585. The SMILES string of the molecule is C=CCCCCC[C@H](N)C(=O)N1C[C@@H](O)C[C@H]1C(=O)OC. The summed E-state index contributed by atoms with van der Waals surface area (Å²) >= 11 is 0. The number of amides is 1. The van der Waals surface area contributed by atoms with E-state index < -0.39 is 24.2 Å². The van der Waals surface area contributed by atoms with Crippen molar-refractivity contribution in [2.45, 2.75) is 56.7 Å². The standard InChI is InChI=1S/C15H26N2O4/c1-3-4-5-6-7-8-12(16)14(19)17-10-11(18)9-13(17)15(20)21-2/h3,11-13,18H,1,4-10,16H2,2H3/t11-,12-,13-/m0/s1. The van der Waals surface area contributed by atoms with Gasteiger partial charge in [0.1, 0.15) is 6.04 Å². The summed E-state index contributed by atoms with van der Waals surface area (Å²) in [5.74, 6) is -0.788. The van der Waals surface area contributed by atoms with E-state index in [0.717, 1.165) is 25.7 Å². The first-order valence-corrected chi connectivity index (χ1v) is 7.44. The summed E-state index contributed by atoms with van der Waals surface area (Å²) in [6, 6.07) is -1.35. The first-order chi connectivity index (χ1) is 10.0.